The molecule has 2 aromatic rings. The van der Waals surface area contributed by atoms with Crippen molar-refractivity contribution in [3.63, 3.8) is 0 Å². The monoisotopic (exact) mass is 339 g/mol. The fourth-order valence-corrected chi connectivity index (χ4v) is 3.32. The van der Waals surface area contributed by atoms with Crippen molar-refractivity contribution in [2.75, 3.05) is 14.2 Å². The van der Waals surface area contributed by atoms with Crippen molar-refractivity contribution >= 4 is 5.91 Å². The maximum atomic E-state index is 12.6. The van der Waals surface area contributed by atoms with Crippen LogP contribution in [0.25, 0.3) is 0 Å². The molecule has 0 bridgehead atoms. The smallest absolute Gasteiger partial charge is 0.252 e. The molecule has 0 radical (unpaired) electrons. The first kappa shape index (κ1) is 17.3. The first-order valence-electron chi connectivity index (χ1n) is 8.76. The van der Waals surface area contributed by atoms with Crippen LogP contribution in [0, 0.1) is 0 Å². The molecule has 0 fully saturated rings. The Morgan fingerprint density at radius 2 is 1.60 bits per heavy atom. The second-order valence-corrected chi connectivity index (χ2v) is 6.53. The second-order valence-electron chi connectivity index (χ2n) is 6.53. The van der Waals surface area contributed by atoms with Crippen molar-refractivity contribution in [2.24, 2.45) is 0 Å². The minimum Gasteiger partial charge on any atom is -0.497 e. The van der Waals surface area contributed by atoms with Gasteiger partial charge in [-0.1, -0.05) is 18.2 Å². The molecular formula is C21H25NO3. The minimum absolute atomic E-state index is 0.0584. The minimum atomic E-state index is -0.137. The standard InChI is InChI=1S/C21H25NO3/c1-14(16-9-8-15-6-4-5-7-17(15)10-16)22-21(23)18-11-19(24-2)13-20(12-18)25-3/h8-14H,4-7H2,1-3H3,(H,22,23). The topological polar surface area (TPSA) is 47.6 Å². The van der Waals surface area contributed by atoms with Crippen molar-refractivity contribution in [3.8, 4) is 11.5 Å². The zero-order valence-corrected chi connectivity index (χ0v) is 15.1. The Morgan fingerprint density at radius 3 is 2.24 bits per heavy atom. The lowest BCUT2D eigenvalue weighted by molar-refractivity contribution is 0.0939. The van der Waals surface area contributed by atoms with Gasteiger partial charge in [-0.3, -0.25) is 4.79 Å². The van der Waals surface area contributed by atoms with Crippen LogP contribution in [0.4, 0.5) is 0 Å². The molecule has 1 aliphatic rings. The number of nitrogens with one attached hydrogen (secondary N) is 1. The highest BCUT2D eigenvalue weighted by Gasteiger charge is 2.16. The summed E-state index contributed by atoms with van der Waals surface area (Å²) >= 11 is 0. The SMILES string of the molecule is COc1cc(OC)cc(C(=O)NC(C)c2ccc3c(c2)CCCC3)c1. The number of methoxy groups -OCH3 is 2. The summed E-state index contributed by atoms with van der Waals surface area (Å²) in [7, 11) is 3.15. The van der Waals surface area contributed by atoms with E-state index >= 15 is 0 Å². The Morgan fingerprint density at radius 1 is 0.960 bits per heavy atom. The van der Waals surface area contributed by atoms with E-state index in [2.05, 4.69) is 23.5 Å². The van der Waals surface area contributed by atoms with Gasteiger partial charge in [0.05, 0.1) is 20.3 Å². The molecule has 3 rings (SSSR count). The van der Waals surface area contributed by atoms with Gasteiger partial charge in [0.2, 0.25) is 0 Å². The van der Waals surface area contributed by atoms with Crippen molar-refractivity contribution in [3.05, 3.63) is 58.7 Å². The van der Waals surface area contributed by atoms with Crippen LogP contribution in [0.1, 0.15) is 52.9 Å². The Bertz CT molecular complexity index is 747. The maximum absolute atomic E-state index is 12.6. The number of aryl methyl sites for hydroxylation is 2. The van der Waals surface area contributed by atoms with Gasteiger partial charge in [-0.15, -0.1) is 0 Å². The quantitative estimate of drug-likeness (QED) is 0.893. The molecule has 4 nitrogen and oxygen atoms in total. The lowest BCUT2D eigenvalue weighted by atomic mass is 9.89. The summed E-state index contributed by atoms with van der Waals surface area (Å²) in [6.07, 6.45) is 4.83. The van der Waals surface area contributed by atoms with Crippen LogP contribution < -0.4 is 14.8 Å². The Labute approximate surface area is 149 Å². The zero-order chi connectivity index (χ0) is 17.8. The number of carbonyl (C=O) groups excluding carboxylic acids is 1. The van der Waals surface area contributed by atoms with Crippen molar-refractivity contribution < 1.29 is 14.3 Å². The van der Waals surface area contributed by atoms with Gasteiger partial charge in [-0.25, -0.2) is 0 Å². The molecule has 25 heavy (non-hydrogen) atoms. The van der Waals surface area contributed by atoms with Crippen LogP contribution in [-0.4, -0.2) is 20.1 Å². The number of amides is 1. The number of ether oxygens (including phenoxy) is 2. The highest BCUT2D eigenvalue weighted by atomic mass is 16.5. The van der Waals surface area contributed by atoms with Crippen LogP contribution >= 0.6 is 0 Å². The molecule has 0 saturated heterocycles. The fraction of sp³-hybridized carbons (Fsp3) is 0.381. The third kappa shape index (κ3) is 3.95. The van der Waals surface area contributed by atoms with Crippen LogP contribution in [0.15, 0.2) is 36.4 Å². The zero-order valence-electron chi connectivity index (χ0n) is 15.1. The van der Waals surface area contributed by atoms with Gasteiger partial charge in [0.25, 0.3) is 5.91 Å². The summed E-state index contributed by atoms with van der Waals surface area (Å²) in [6.45, 7) is 2.01. The van der Waals surface area contributed by atoms with E-state index < -0.39 is 0 Å². The average molecular weight is 339 g/mol. The molecule has 0 heterocycles. The van der Waals surface area contributed by atoms with Gasteiger partial charge < -0.3 is 14.8 Å². The highest BCUT2D eigenvalue weighted by Crippen LogP contribution is 2.26. The van der Waals surface area contributed by atoms with Crippen LogP contribution in [0.3, 0.4) is 0 Å². The third-order valence-electron chi connectivity index (χ3n) is 4.83. The molecule has 0 aromatic heterocycles. The van der Waals surface area contributed by atoms with Gasteiger partial charge in [0.15, 0.2) is 0 Å². The van der Waals surface area contributed by atoms with E-state index in [1.807, 2.05) is 6.92 Å². The summed E-state index contributed by atoms with van der Waals surface area (Å²) in [5, 5.41) is 3.07. The van der Waals surface area contributed by atoms with Crippen molar-refractivity contribution in [1.82, 2.24) is 5.32 Å². The Balaban J connectivity index is 1.76. The van der Waals surface area contributed by atoms with E-state index in [1.165, 1.54) is 30.4 Å². The molecule has 1 unspecified atom stereocenters. The molecule has 0 spiro atoms. The van der Waals surface area contributed by atoms with Crippen molar-refractivity contribution in [2.45, 2.75) is 38.6 Å². The number of benzene rings is 2. The molecule has 1 aliphatic carbocycles. The van der Waals surface area contributed by atoms with Gasteiger partial charge in [-0.05, 0) is 61.4 Å². The van der Waals surface area contributed by atoms with E-state index in [-0.39, 0.29) is 11.9 Å². The number of carbonyl (C=O) groups is 1. The number of hydrogen-bond donors (Lipinski definition) is 1. The average Bonchev–Trinajstić information content (AvgIpc) is 2.66. The molecule has 1 atom stereocenters. The Hall–Kier alpha value is -2.49. The van der Waals surface area contributed by atoms with Crippen LogP contribution in [0.5, 0.6) is 11.5 Å². The third-order valence-corrected chi connectivity index (χ3v) is 4.83. The normalized spacial score (nSPS) is 14.4. The fourth-order valence-electron chi connectivity index (χ4n) is 3.32. The molecule has 0 aliphatic heterocycles. The first-order valence-corrected chi connectivity index (χ1v) is 8.76. The predicted molar refractivity (Wildman–Crippen MR) is 98.5 cm³/mol. The van der Waals surface area contributed by atoms with E-state index in [0.29, 0.717) is 17.1 Å². The highest BCUT2D eigenvalue weighted by molar-refractivity contribution is 5.95. The maximum Gasteiger partial charge on any atom is 0.252 e. The van der Waals surface area contributed by atoms with Gasteiger partial charge in [-0.2, -0.15) is 0 Å². The van der Waals surface area contributed by atoms with Crippen LogP contribution in [0.2, 0.25) is 0 Å². The first-order chi connectivity index (χ1) is 12.1. The summed E-state index contributed by atoms with van der Waals surface area (Å²) in [5.41, 5.74) is 4.55. The summed E-state index contributed by atoms with van der Waals surface area (Å²) in [5.74, 6) is 1.07. The Kier molecular flexibility index (Phi) is 5.27. The second kappa shape index (κ2) is 7.60. The van der Waals surface area contributed by atoms with Crippen LogP contribution in [-0.2, 0) is 12.8 Å². The van der Waals surface area contributed by atoms with Gasteiger partial charge in [0, 0.05) is 11.6 Å². The van der Waals surface area contributed by atoms with Crippen molar-refractivity contribution in [1.29, 1.82) is 0 Å². The predicted octanol–water partition coefficient (Wildman–Crippen LogP) is 4.07. The number of rotatable bonds is 5. The number of fused-ring (bicyclic) bond motifs is 1. The summed E-state index contributed by atoms with van der Waals surface area (Å²) in [6, 6.07) is 11.7. The van der Waals surface area contributed by atoms with E-state index in [4.69, 9.17) is 9.47 Å². The molecular weight excluding hydrogens is 314 g/mol. The molecule has 2 aromatic carbocycles. The lowest BCUT2D eigenvalue weighted by Crippen LogP contribution is -2.27. The molecule has 132 valence electrons. The number of hydrogen-bond acceptors (Lipinski definition) is 3. The summed E-state index contributed by atoms with van der Waals surface area (Å²) in [4.78, 5) is 12.6. The largest absolute Gasteiger partial charge is 0.497 e. The van der Waals surface area contributed by atoms with Gasteiger partial charge in [0.1, 0.15) is 11.5 Å². The molecule has 0 saturated carbocycles. The van der Waals surface area contributed by atoms with E-state index in [0.717, 1.165) is 12.0 Å². The summed E-state index contributed by atoms with van der Waals surface area (Å²) < 4.78 is 10.5. The molecule has 1 amide bonds. The van der Waals surface area contributed by atoms with E-state index in [1.54, 1.807) is 32.4 Å². The molecule has 1 N–H and O–H groups in total. The molecule has 4 heteroatoms. The van der Waals surface area contributed by atoms with E-state index in [9.17, 15) is 4.79 Å². The lowest BCUT2D eigenvalue weighted by Gasteiger charge is -2.20. The van der Waals surface area contributed by atoms with Gasteiger partial charge >= 0.3 is 0 Å².